The Labute approximate surface area is 191 Å². The van der Waals surface area contributed by atoms with Crippen LogP contribution in [0.15, 0.2) is 79.0 Å². The largest absolute Gasteiger partial charge is 0.478 e. The van der Waals surface area contributed by atoms with Crippen LogP contribution >= 0.6 is 0 Å². The number of hydrogen-bond donors (Lipinski definition) is 2. The van der Waals surface area contributed by atoms with Crippen molar-refractivity contribution in [3.8, 4) is 0 Å². The van der Waals surface area contributed by atoms with Crippen molar-refractivity contribution in [1.29, 1.82) is 0 Å². The second-order valence-electron chi connectivity index (χ2n) is 8.33. The van der Waals surface area contributed by atoms with Crippen LogP contribution in [0.1, 0.15) is 41.5 Å². The first kappa shape index (κ1) is 20.9. The van der Waals surface area contributed by atoms with E-state index >= 15 is 4.39 Å². The molecule has 1 aliphatic carbocycles. The number of nitrogens with zero attached hydrogens (tertiary/aromatic N) is 1. The van der Waals surface area contributed by atoms with Crippen LogP contribution in [-0.4, -0.2) is 21.3 Å². The smallest absolute Gasteiger partial charge is 0.328 e. The molecule has 164 valence electrons. The Morgan fingerprint density at radius 2 is 1.76 bits per heavy atom. The van der Waals surface area contributed by atoms with Gasteiger partial charge < -0.3 is 5.11 Å². The number of rotatable bonds is 6. The predicted molar refractivity (Wildman–Crippen MR) is 129 cm³/mol. The molecule has 1 fully saturated rings. The number of aromatic amines is 1. The van der Waals surface area contributed by atoms with Gasteiger partial charge in [-0.2, -0.15) is 5.10 Å². The summed E-state index contributed by atoms with van der Waals surface area (Å²) < 4.78 is 15.8. The van der Waals surface area contributed by atoms with Gasteiger partial charge in [0, 0.05) is 11.6 Å². The van der Waals surface area contributed by atoms with Gasteiger partial charge in [-0.15, -0.1) is 0 Å². The van der Waals surface area contributed by atoms with Gasteiger partial charge in [-0.05, 0) is 64.8 Å². The standard InChI is InChI=1S/C28H23FN2O2/c29-28-22(14-15-24-23(28)17-30-31-24)27(21-12-9-18(10-13-21)11-16-25(32)33)26(20-7-4-8-20)19-5-2-1-3-6-19/h1-3,5-6,9-17,20H,4,7-8H2,(H,30,31)(H,32,33). The molecule has 4 nitrogen and oxygen atoms in total. The first-order valence-corrected chi connectivity index (χ1v) is 11.0. The first-order valence-electron chi connectivity index (χ1n) is 11.0. The van der Waals surface area contributed by atoms with Gasteiger partial charge in [0.2, 0.25) is 0 Å². The van der Waals surface area contributed by atoms with Gasteiger partial charge in [0.1, 0.15) is 5.82 Å². The van der Waals surface area contributed by atoms with E-state index in [0.717, 1.165) is 53.2 Å². The van der Waals surface area contributed by atoms with E-state index in [2.05, 4.69) is 22.3 Å². The van der Waals surface area contributed by atoms with E-state index in [1.807, 2.05) is 54.6 Å². The van der Waals surface area contributed by atoms with Crippen molar-refractivity contribution in [3.05, 3.63) is 107 Å². The Morgan fingerprint density at radius 1 is 1.00 bits per heavy atom. The average molecular weight is 439 g/mol. The molecule has 5 heteroatoms. The summed E-state index contributed by atoms with van der Waals surface area (Å²) in [6.45, 7) is 0. The molecule has 0 atom stereocenters. The Kier molecular flexibility index (Phi) is 5.61. The van der Waals surface area contributed by atoms with E-state index in [1.54, 1.807) is 6.08 Å². The normalized spacial score (nSPS) is 14.9. The zero-order valence-corrected chi connectivity index (χ0v) is 18.0. The third-order valence-corrected chi connectivity index (χ3v) is 6.31. The average Bonchev–Trinajstić information content (AvgIpc) is 3.28. The zero-order chi connectivity index (χ0) is 22.8. The molecule has 1 aliphatic rings. The number of fused-ring (bicyclic) bond motifs is 1. The molecular formula is C28H23FN2O2. The van der Waals surface area contributed by atoms with Crippen LogP contribution in [-0.2, 0) is 4.79 Å². The molecule has 4 aromatic rings. The molecule has 0 spiro atoms. The Hall–Kier alpha value is -3.99. The topological polar surface area (TPSA) is 66.0 Å². The fourth-order valence-corrected chi connectivity index (χ4v) is 4.46. The van der Waals surface area contributed by atoms with Crippen molar-refractivity contribution >= 4 is 34.1 Å². The van der Waals surface area contributed by atoms with Crippen LogP contribution in [0.5, 0.6) is 0 Å². The summed E-state index contributed by atoms with van der Waals surface area (Å²) in [5.41, 5.74) is 6.00. The van der Waals surface area contributed by atoms with Crippen molar-refractivity contribution < 1.29 is 14.3 Å². The molecule has 0 aliphatic heterocycles. The molecule has 0 saturated heterocycles. The lowest BCUT2D eigenvalue weighted by molar-refractivity contribution is -0.131. The van der Waals surface area contributed by atoms with Crippen molar-refractivity contribution in [1.82, 2.24) is 10.2 Å². The van der Waals surface area contributed by atoms with Crippen LogP contribution in [0.2, 0.25) is 0 Å². The number of hydrogen-bond acceptors (Lipinski definition) is 2. The number of carbonyl (C=O) groups is 1. The summed E-state index contributed by atoms with van der Waals surface area (Å²) in [6, 6.07) is 21.5. The molecule has 1 heterocycles. The van der Waals surface area contributed by atoms with Crippen LogP contribution in [0, 0.1) is 11.7 Å². The number of nitrogens with one attached hydrogen (secondary N) is 1. The van der Waals surface area contributed by atoms with Crippen LogP contribution in [0.4, 0.5) is 4.39 Å². The number of allylic oxidation sites excluding steroid dienone is 1. The van der Waals surface area contributed by atoms with Crippen molar-refractivity contribution in [2.75, 3.05) is 0 Å². The van der Waals surface area contributed by atoms with E-state index in [-0.39, 0.29) is 5.82 Å². The molecule has 0 amide bonds. The van der Waals surface area contributed by atoms with Crippen molar-refractivity contribution in [2.45, 2.75) is 19.3 Å². The minimum atomic E-state index is -0.994. The van der Waals surface area contributed by atoms with Crippen LogP contribution in [0.25, 0.3) is 28.1 Å². The Morgan fingerprint density at radius 3 is 2.42 bits per heavy atom. The Balaban J connectivity index is 1.75. The molecule has 0 unspecified atom stereocenters. The lowest BCUT2D eigenvalue weighted by atomic mass is 9.73. The van der Waals surface area contributed by atoms with E-state index in [4.69, 9.17) is 5.11 Å². The van der Waals surface area contributed by atoms with Gasteiger partial charge in [0.15, 0.2) is 0 Å². The maximum Gasteiger partial charge on any atom is 0.328 e. The van der Waals surface area contributed by atoms with E-state index in [0.29, 0.717) is 22.4 Å². The summed E-state index contributed by atoms with van der Waals surface area (Å²) in [7, 11) is 0. The van der Waals surface area contributed by atoms with E-state index in [9.17, 15) is 4.79 Å². The fraction of sp³-hybridized carbons (Fsp3) is 0.143. The molecule has 2 N–H and O–H groups in total. The molecule has 33 heavy (non-hydrogen) atoms. The van der Waals surface area contributed by atoms with E-state index < -0.39 is 5.97 Å². The number of H-pyrrole nitrogens is 1. The van der Waals surface area contributed by atoms with Gasteiger partial charge >= 0.3 is 5.97 Å². The van der Waals surface area contributed by atoms with Gasteiger partial charge in [-0.3, -0.25) is 5.10 Å². The monoisotopic (exact) mass is 438 g/mol. The number of carboxylic acid groups (broad SMARTS) is 1. The second kappa shape index (κ2) is 8.87. The third kappa shape index (κ3) is 4.10. The van der Waals surface area contributed by atoms with E-state index in [1.165, 1.54) is 6.20 Å². The molecule has 3 aromatic carbocycles. The highest BCUT2D eigenvalue weighted by Gasteiger charge is 2.28. The lowest BCUT2D eigenvalue weighted by Crippen LogP contribution is -2.15. The van der Waals surface area contributed by atoms with Gasteiger partial charge in [0.25, 0.3) is 0 Å². The number of aliphatic carboxylic acids is 1. The summed E-state index contributed by atoms with van der Waals surface area (Å²) in [5, 5.41) is 16.2. The maximum absolute atomic E-state index is 15.8. The van der Waals surface area contributed by atoms with Gasteiger partial charge in [0.05, 0.1) is 17.1 Å². The molecule has 0 bridgehead atoms. The number of carboxylic acids is 1. The maximum atomic E-state index is 15.8. The van der Waals surface area contributed by atoms with Crippen molar-refractivity contribution in [3.63, 3.8) is 0 Å². The highest BCUT2D eigenvalue weighted by Crippen LogP contribution is 2.45. The number of benzene rings is 3. The molecule has 0 radical (unpaired) electrons. The second-order valence-corrected chi connectivity index (χ2v) is 8.33. The summed E-state index contributed by atoms with van der Waals surface area (Å²) >= 11 is 0. The summed E-state index contributed by atoms with van der Waals surface area (Å²) in [6.07, 6.45) is 7.50. The quantitative estimate of drug-likeness (QED) is 0.265. The minimum absolute atomic E-state index is 0.293. The van der Waals surface area contributed by atoms with Crippen molar-refractivity contribution in [2.24, 2.45) is 5.92 Å². The number of aromatic nitrogens is 2. The first-order chi connectivity index (χ1) is 16.1. The zero-order valence-electron chi connectivity index (χ0n) is 18.0. The van der Waals surface area contributed by atoms with Gasteiger partial charge in [-0.25, -0.2) is 9.18 Å². The summed E-state index contributed by atoms with van der Waals surface area (Å²) in [5.74, 6) is -0.932. The molecule has 1 aromatic heterocycles. The fourth-order valence-electron chi connectivity index (χ4n) is 4.46. The highest BCUT2D eigenvalue weighted by molar-refractivity contribution is 6.01. The molecular weight excluding hydrogens is 415 g/mol. The minimum Gasteiger partial charge on any atom is -0.478 e. The predicted octanol–water partition coefficient (Wildman–Crippen LogP) is 6.56. The molecule has 1 saturated carbocycles. The Bertz CT molecular complexity index is 1360. The molecule has 5 rings (SSSR count). The highest BCUT2D eigenvalue weighted by atomic mass is 19.1. The number of halogens is 1. The third-order valence-electron chi connectivity index (χ3n) is 6.31. The van der Waals surface area contributed by atoms with Gasteiger partial charge in [-0.1, -0.05) is 61.0 Å². The lowest BCUT2D eigenvalue weighted by Gasteiger charge is -2.31. The van der Waals surface area contributed by atoms with Crippen LogP contribution < -0.4 is 0 Å². The van der Waals surface area contributed by atoms with Crippen LogP contribution in [0.3, 0.4) is 0 Å². The summed E-state index contributed by atoms with van der Waals surface area (Å²) in [4.78, 5) is 10.9. The SMILES string of the molecule is O=C(O)C=Cc1ccc(C(=C(c2ccccc2)C2CCC2)c2ccc3[nH]ncc3c2F)cc1.